The summed E-state index contributed by atoms with van der Waals surface area (Å²) in [4.78, 5) is 26.0. The lowest BCUT2D eigenvalue weighted by atomic mass is 9.75. The van der Waals surface area contributed by atoms with Crippen molar-refractivity contribution >= 4 is 23.4 Å². The molecule has 1 aliphatic heterocycles. The molecule has 31 heavy (non-hydrogen) atoms. The molecule has 0 saturated carbocycles. The summed E-state index contributed by atoms with van der Waals surface area (Å²) in [6.07, 6.45) is 2.06. The number of Topliss-reactive ketones (excluding diaryl/α,β-unsaturated/α-hetero) is 1. The zero-order valence-corrected chi connectivity index (χ0v) is 18.1. The molecule has 2 aromatic carbocycles. The number of nitrogens with one attached hydrogen (secondary N) is 1. The maximum absolute atomic E-state index is 13.1. The second-order valence-corrected chi connectivity index (χ2v) is 8.05. The number of allylic oxidation sites excluding steroid dienone is 3. The average molecular weight is 438 g/mol. The number of para-hydroxylation sites is 1. The van der Waals surface area contributed by atoms with Crippen LogP contribution in [0.1, 0.15) is 37.7 Å². The molecule has 0 fully saturated rings. The van der Waals surface area contributed by atoms with Crippen LogP contribution in [0.4, 0.5) is 0 Å². The van der Waals surface area contributed by atoms with Crippen molar-refractivity contribution in [3.05, 3.63) is 87.7 Å². The second-order valence-electron chi connectivity index (χ2n) is 7.62. The highest BCUT2D eigenvalue weighted by atomic mass is 35.5. The van der Waals surface area contributed by atoms with Gasteiger partial charge < -0.3 is 14.8 Å². The van der Waals surface area contributed by atoms with E-state index in [4.69, 9.17) is 21.1 Å². The first-order valence-electron chi connectivity index (χ1n) is 10.4. The Labute approximate surface area is 186 Å². The zero-order chi connectivity index (χ0) is 21.8. The third-order valence-electron chi connectivity index (χ3n) is 5.51. The molecule has 1 aliphatic carbocycles. The second kappa shape index (κ2) is 9.40. The van der Waals surface area contributed by atoms with Crippen LogP contribution in [-0.4, -0.2) is 25.0 Å². The summed E-state index contributed by atoms with van der Waals surface area (Å²) in [7, 11) is 0. The standard InChI is InChI=1S/C25H24ClNO4/c1-16-22(25(29)31-14-13-30-19-9-3-2-4-10-19)23(17-7-5-8-18(26)15-17)24-20(27-16)11-6-12-21(24)28/h2-5,7-10,15,23,27H,6,11-14H2,1H3/t23-/m1/s1. The maximum atomic E-state index is 13.1. The third-order valence-corrected chi connectivity index (χ3v) is 5.74. The lowest BCUT2D eigenvalue weighted by molar-refractivity contribution is -0.140. The molecule has 2 aliphatic rings. The molecule has 1 heterocycles. The van der Waals surface area contributed by atoms with Crippen molar-refractivity contribution in [2.24, 2.45) is 0 Å². The third kappa shape index (κ3) is 4.67. The van der Waals surface area contributed by atoms with E-state index in [-0.39, 0.29) is 19.0 Å². The monoisotopic (exact) mass is 437 g/mol. The quantitative estimate of drug-likeness (QED) is 0.512. The van der Waals surface area contributed by atoms with Crippen LogP contribution in [-0.2, 0) is 14.3 Å². The van der Waals surface area contributed by atoms with Crippen molar-refractivity contribution in [1.29, 1.82) is 0 Å². The Hall–Kier alpha value is -3.05. The summed E-state index contributed by atoms with van der Waals surface area (Å²) in [5, 5.41) is 3.84. The van der Waals surface area contributed by atoms with Crippen LogP contribution in [0.25, 0.3) is 0 Å². The van der Waals surface area contributed by atoms with Gasteiger partial charge in [0.25, 0.3) is 0 Å². The van der Waals surface area contributed by atoms with Gasteiger partial charge >= 0.3 is 5.97 Å². The molecule has 0 spiro atoms. The Morgan fingerprint density at radius 1 is 1.10 bits per heavy atom. The van der Waals surface area contributed by atoms with Crippen molar-refractivity contribution in [2.45, 2.75) is 32.1 Å². The summed E-state index contributed by atoms with van der Waals surface area (Å²) < 4.78 is 11.2. The van der Waals surface area contributed by atoms with Gasteiger partial charge in [-0.25, -0.2) is 4.79 Å². The van der Waals surface area contributed by atoms with Gasteiger partial charge in [0.1, 0.15) is 19.0 Å². The lowest BCUT2D eigenvalue weighted by Gasteiger charge is -2.34. The van der Waals surface area contributed by atoms with Gasteiger partial charge in [-0.2, -0.15) is 0 Å². The first kappa shape index (κ1) is 21.2. The summed E-state index contributed by atoms with van der Waals surface area (Å²) in [6.45, 7) is 2.19. The maximum Gasteiger partial charge on any atom is 0.336 e. The highest BCUT2D eigenvalue weighted by Crippen LogP contribution is 2.42. The molecular weight excluding hydrogens is 414 g/mol. The molecule has 4 rings (SSSR count). The number of carbonyl (C=O) groups excluding carboxylic acids is 2. The number of hydrogen-bond donors (Lipinski definition) is 1. The molecule has 0 radical (unpaired) electrons. The molecule has 0 unspecified atom stereocenters. The number of ether oxygens (including phenoxy) is 2. The number of dihydropyridines is 1. The first-order valence-corrected chi connectivity index (χ1v) is 10.8. The Bertz CT molecular complexity index is 1060. The molecule has 0 amide bonds. The molecule has 0 bridgehead atoms. The van der Waals surface area contributed by atoms with Crippen molar-refractivity contribution in [1.82, 2.24) is 5.32 Å². The van der Waals surface area contributed by atoms with Crippen LogP contribution in [0.15, 0.2) is 77.1 Å². The van der Waals surface area contributed by atoms with Crippen LogP contribution in [0.2, 0.25) is 5.02 Å². The van der Waals surface area contributed by atoms with E-state index in [2.05, 4.69) is 5.32 Å². The van der Waals surface area contributed by atoms with Crippen molar-refractivity contribution in [2.75, 3.05) is 13.2 Å². The smallest absolute Gasteiger partial charge is 0.336 e. The highest BCUT2D eigenvalue weighted by molar-refractivity contribution is 6.30. The largest absolute Gasteiger partial charge is 0.490 e. The molecule has 160 valence electrons. The molecule has 6 heteroatoms. The van der Waals surface area contributed by atoms with E-state index in [9.17, 15) is 9.59 Å². The van der Waals surface area contributed by atoms with E-state index < -0.39 is 11.9 Å². The lowest BCUT2D eigenvalue weighted by Crippen LogP contribution is -2.34. The Morgan fingerprint density at radius 3 is 2.68 bits per heavy atom. The number of benzene rings is 2. The van der Waals surface area contributed by atoms with Crippen LogP contribution < -0.4 is 10.1 Å². The minimum absolute atomic E-state index is 0.0592. The fourth-order valence-electron chi connectivity index (χ4n) is 4.16. The van der Waals surface area contributed by atoms with E-state index in [0.717, 1.165) is 24.1 Å². The van der Waals surface area contributed by atoms with Gasteiger partial charge in [0.05, 0.1) is 5.57 Å². The summed E-state index contributed by atoms with van der Waals surface area (Å²) in [5.74, 6) is -0.182. The van der Waals surface area contributed by atoms with Crippen LogP contribution in [0.3, 0.4) is 0 Å². The Morgan fingerprint density at radius 2 is 1.90 bits per heavy atom. The molecule has 2 aromatic rings. The number of ketones is 1. The predicted octanol–water partition coefficient (Wildman–Crippen LogP) is 4.93. The van der Waals surface area contributed by atoms with Crippen molar-refractivity contribution < 1.29 is 19.1 Å². The molecule has 1 N–H and O–H groups in total. The fourth-order valence-corrected chi connectivity index (χ4v) is 4.36. The summed E-state index contributed by atoms with van der Waals surface area (Å²) >= 11 is 6.23. The highest BCUT2D eigenvalue weighted by Gasteiger charge is 2.39. The number of carbonyl (C=O) groups is 2. The minimum atomic E-state index is -0.495. The van der Waals surface area contributed by atoms with Gasteiger partial charge in [-0.3, -0.25) is 4.79 Å². The van der Waals surface area contributed by atoms with Crippen LogP contribution in [0.5, 0.6) is 5.75 Å². The number of rotatable bonds is 6. The van der Waals surface area contributed by atoms with Crippen molar-refractivity contribution in [3.8, 4) is 5.75 Å². The molecule has 1 atom stereocenters. The van der Waals surface area contributed by atoms with Crippen LogP contribution >= 0.6 is 11.6 Å². The normalized spacial score (nSPS) is 18.4. The Balaban J connectivity index is 1.56. The van der Waals surface area contributed by atoms with E-state index in [1.807, 2.05) is 55.5 Å². The van der Waals surface area contributed by atoms with Crippen molar-refractivity contribution in [3.63, 3.8) is 0 Å². The minimum Gasteiger partial charge on any atom is -0.490 e. The van der Waals surface area contributed by atoms with Gasteiger partial charge in [-0.1, -0.05) is 41.9 Å². The van der Waals surface area contributed by atoms with Crippen LogP contribution in [0, 0.1) is 0 Å². The fraction of sp³-hybridized carbons (Fsp3) is 0.280. The SMILES string of the molecule is CC1=C(C(=O)OCCOc2ccccc2)[C@@H](c2cccc(Cl)c2)C2=C(CCCC2=O)N1. The van der Waals surface area contributed by atoms with Gasteiger partial charge in [0.2, 0.25) is 0 Å². The number of esters is 1. The summed E-state index contributed by atoms with van der Waals surface area (Å²) in [6, 6.07) is 16.7. The zero-order valence-electron chi connectivity index (χ0n) is 17.3. The number of hydrogen-bond acceptors (Lipinski definition) is 5. The van der Waals surface area contributed by atoms with E-state index in [1.54, 1.807) is 6.07 Å². The molecular formula is C25H24ClNO4. The predicted molar refractivity (Wildman–Crippen MR) is 119 cm³/mol. The van der Waals surface area contributed by atoms with Gasteiger partial charge in [-0.05, 0) is 49.6 Å². The Kier molecular flexibility index (Phi) is 6.42. The molecule has 0 aromatic heterocycles. The number of halogens is 1. The molecule has 5 nitrogen and oxygen atoms in total. The van der Waals surface area contributed by atoms with Gasteiger partial charge in [-0.15, -0.1) is 0 Å². The summed E-state index contributed by atoms with van der Waals surface area (Å²) in [5.41, 5.74) is 3.49. The topological polar surface area (TPSA) is 64.6 Å². The van der Waals surface area contributed by atoms with Gasteiger partial charge in [0, 0.05) is 34.3 Å². The first-order chi connectivity index (χ1) is 15.0. The van der Waals surface area contributed by atoms with Gasteiger partial charge in [0.15, 0.2) is 5.78 Å². The van der Waals surface area contributed by atoms with E-state index >= 15 is 0 Å². The molecule has 0 saturated heterocycles. The van der Waals surface area contributed by atoms with E-state index in [1.165, 1.54) is 0 Å². The van der Waals surface area contributed by atoms with E-state index in [0.29, 0.717) is 34.0 Å². The average Bonchev–Trinajstić information content (AvgIpc) is 2.76.